The van der Waals surface area contributed by atoms with Crippen molar-refractivity contribution in [3.05, 3.63) is 11.6 Å². The fraction of sp³-hybridized carbons (Fsp3) is 0.867. The molecule has 1 nitrogen and oxygen atoms in total. The molecule has 1 saturated carbocycles. The molecule has 1 fully saturated rings. The Morgan fingerprint density at radius 3 is 2.62 bits per heavy atom. The molecule has 0 bridgehead atoms. The minimum absolute atomic E-state index is 0.767. The van der Waals surface area contributed by atoms with Gasteiger partial charge in [0.15, 0.2) is 0 Å². The van der Waals surface area contributed by atoms with Gasteiger partial charge in [-0.05, 0) is 44.7 Å². The minimum atomic E-state index is 0.767. The Kier molecular flexibility index (Phi) is 6.79. The third kappa shape index (κ3) is 6.32. The van der Waals surface area contributed by atoms with Gasteiger partial charge < -0.3 is 5.32 Å². The molecule has 1 N–H and O–H groups in total. The highest BCUT2D eigenvalue weighted by Gasteiger charge is 2.14. The zero-order valence-electron chi connectivity index (χ0n) is 11.4. The summed E-state index contributed by atoms with van der Waals surface area (Å²) in [5, 5.41) is 3.49. The summed E-state index contributed by atoms with van der Waals surface area (Å²) in [6.45, 7) is 9.11. The van der Waals surface area contributed by atoms with E-state index in [9.17, 15) is 0 Å². The smallest absolute Gasteiger partial charge is 0.00141 e. The average molecular weight is 223 g/mol. The molecule has 0 amide bonds. The molecule has 1 rings (SSSR count). The van der Waals surface area contributed by atoms with Crippen LogP contribution in [0.3, 0.4) is 0 Å². The van der Waals surface area contributed by atoms with Crippen LogP contribution >= 0.6 is 0 Å². The molecule has 94 valence electrons. The van der Waals surface area contributed by atoms with E-state index in [0.29, 0.717) is 0 Å². The third-order valence-corrected chi connectivity index (χ3v) is 3.45. The summed E-state index contributed by atoms with van der Waals surface area (Å²) in [5.74, 6) is 1.77. The molecular weight excluding hydrogens is 194 g/mol. The topological polar surface area (TPSA) is 12.0 Å². The molecule has 16 heavy (non-hydrogen) atoms. The quantitative estimate of drug-likeness (QED) is 0.505. The number of rotatable bonds is 7. The number of hydrogen-bond acceptors (Lipinski definition) is 1. The van der Waals surface area contributed by atoms with Crippen molar-refractivity contribution < 1.29 is 0 Å². The van der Waals surface area contributed by atoms with E-state index in [4.69, 9.17) is 0 Å². The summed E-state index contributed by atoms with van der Waals surface area (Å²) in [6, 6.07) is 0. The van der Waals surface area contributed by atoms with E-state index in [1.54, 1.807) is 5.57 Å². The number of hydrogen-bond donors (Lipinski definition) is 1. The second-order valence-corrected chi connectivity index (χ2v) is 5.79. The van der Waals surface area contributed by atoms with Crippen LogP contribution < -0.4 is 5.32 Å². The second kappa shape index (κ2) is 7.89. The van der Waals surface area contributed by atoms with Gasteiger partial charge in [-0.15, -0.1) is 0 Å². The Bertz CT molecular complexity index is 199. The molecule has 1 heteroatoms. The molecule has 0 saturated heterocycles. The van der Waals surface area contributed by atoms with Gasteiger partial charge in [0, 0.05) is 0 Å². The van der Waals surface area contributed by atoms with E-state index < -0.39 is 0 Å². The predicted octanol–water partition coefficient (Wildman–Crippen LogP) is 4.15. The molecule has 0 aromatic heterocycles. The summed E-state index contributed by atoms with van der Waals surface area (Å²) in [5.41, 5.74) is 1.61. The zero-order chi connectivity index (χ0) is 11.8. The maximum Gasteiger partial charge on any atom is -0.00141 e. The van der Waals surface area contributed by atoms with Gasteiger partial charge >= 0.3 is 0 Å². The lowest BCUT2D eigenvalue weighted by atomic mass is 9.98. The van der Waals surface area contributed by atoms with E-state index in [1.807, 2.05) is 0 Å². The van der Waals surface area contributed by atoms with Gasteiger partial charge in [0.1, 0.15) is 0 Å². The second-order valence-electron chi connectivity index (χ2n) is 5.79. The van der Waals surface area contributed by atoms with Crippen molar-refractivity contribution in [1.29, 1.82) is 0 Å². The van der Waals surface area contributed by atoms with Crippen LogP contribution in [0.4, 0.5) is 0 Å². The Morgan fingerprint density at radius 2 is 2.00 bits per heavy atom. The van der Waals surface area contributed by atoms with Crippen LogP contribution in [0.5, 0.6) is 0 Å². The van der Waals surface area contributed by atoms with Crippen molar-refractivity contribution in [3.8, 4) is 0 Å². The highest BCUT2D eigenvalue weighted by Crippen LogP contribution is 2.29. The molecule has 0 unspecified atom stereocenters. The fourth-order valence-electron chi connectivity index (χ4n) is 2.56. The normalized spacial score (nSPS) is 18.6. The van der Waals surface area contributed by atoms with Gasteiger partial charge in [-0.2, -0.15) is 0 Å². The lowest BCUT2D eigenvalue weighted by Gasteiger charge is -2.09. The Balaban J connectivity index is 2.04. The average Bonchev–Trinajstić information content (AvgIpc) is 2.69. The monoisotopic (exact) mass is 223 g/mol. The summed E-state index contributed by atoms with van der Waals surface area (Å²) in [7, 11) is 0. The number of allylic oxidation sites excluding steroid dienone is 1. The van der Waals surface area contributed by atoms with Crippen LogP contribution in [0.25, 0.3) is 0 Å². The Labute approximate surface area is 102 Å². The van der Waals surface area contributed by atoms with Gasteiger partial charge in [0.05, 0.1) is 0 Å². The minimum Gasteiger partial charge on any atom is -0.316 e. The Hall–Kier alpha value is -0.300. The third-order valence-electron chi connectivity index (χ3n) is 3.45. The van der Waals surface area contributed by atoms with Gasteiger partial charge in [-0.25, -0.2) is 0 Å². The maximum atomic E-state index is 3.49. The molecule has 0 spiro atoms. The van der Waals surface area contributed by atoms with Crippen molar-refractivity contribution in [2.75, 3.05) is 13.1 Å². The first kappa shape index (κ1) is 13.8. The van der Waals surface area contributed by atoms with Crippen molar-refractivity contribution in [3.63, 3.8) is 0 Å². The predicted molar refractivity (Wildman–Crippen MR) is 72.7 cm³/mol. The molecule has 0 aromatic carbocycles. The van der Waals surface area contributed by atoms with Crippen LogP contribution in [0, 0.1) is 11.8 Å². The van der Waals surface area contributed by atoms with Crippen LogP contribution in [-0.4, -0.2) is 13.1 Å². The van der Waals surface area contributed by atoms with E-state index in [0.717, 1.165) is 24.9 Å². The summed E-state index contributed by atoms with van der Waals surface area (Å²) < 4.78 is 0. The van der Waals surface area contributed by atoms with E-state index >= 15 is 0 Å². The lowest BCUT2D eigenvalue weighted by Crippen LogP contribution is -2.20. The first-order valence-corrected chi connectivity index (χ1v) is 7.05. The van der Waals surface area contributed by atoms with Crippen molar-refractivity contribution >= 4 is 0 Å². The van der Waals surface area contributed by atoms with E-state index in [-0.39, 0.29) is 0 Å². The molecule has 0 radical (unpaired) electrons. The maximum absolute atomic E-state index is 3.49. The molecule has 1 aliphatic rings. The van der Waals surface area contributed by atoms with Crippen LogP contribution in [0.15, 0.2) is 11.6 Å². The molecule has 0 atom stereocenters. The SMILES string of the molecule is CC(=CCCNCC(C)C)CC1CCCC1. The van der Waals surface area contributed by atoms with Crippen molar-refractivity contribution in [2.45, 2.75) is 59.3 Å². The van der Waals surface area contributed by atoms with Gasteiger partial charge in [-0.1, -0.05) is 51.2 Å². The summed E-state index contributed by atoms with van der Waals surface area (Å²) in [6.07, 6.45) is 10.9. The molecule has 0 aromatic rings. The standard InChI is InChI=1S/C15H29N/c1-13(2)12-16-10-6-7-14(3)11-15-8-4-5-9-15/h7,13,15-16H,4-6,8-12H2,1-3H3. The molecule has 0 heterocycles. The largest absolute Gasteiger partial charge is 0.316 e. The fourth-order valence-corrected chi connectivity index (χ4v) is 2.56. The molecule has 0 aliphatic heterocycles. The van der Waals surface area contributed by atoms with Gasteiger partial charge in [0.25, 0.3) is 0 Å². The van der Waals surface area contributed by atoms with Crippen molar-refractivity contribution in [1.82, 2.24) is 5.32 Å². The van der Waals surface area contributed by atoms with Crippen LogP contribution in [-0.2, 0) is 0 Å². The lowest BCUT2D eigenvalue weighted by molar-refractivity contribution is 0.539. The highest BCUT2D eigenvalue weighted by atomic mass is 14.8. The van der Waals surface area contributed by atoms with Crippen molar-refractivity contribution in [2.24, 2.45) is 11.8 Å². The summed E-state index contributed by atoms with van der Waals surface area (Å²) >= 11 is 0. The van der Waals surface area contributed by atoms with Crippen LogP contribution in [0.2, 0.25) is 0 Å². The van der Waals surface area contributed by atoms with Gasteiger partial charge in [-0.3, -0.25) is 0 Å². The van der Waals surface area contributed by atoms with E-state index in [1.165, 1.54) is 38.5 Å². The molecular formula is C15H29N. The summed E-state index contributed by atoms with van der Waals surface area (Å²) in [4.78, 5) is 0. The van der Waals surface area contributed by atoms with E-state index in [2.05, 4.69) is 32.2 Å². The van der Waals surface area contributed by atoms with Crippen LogP contribution in [0.1, 0.15) is 59.3 Å². The highest BCUT2D eigenvalue weighted by molar-refractivity contribution is 5.00. The number of nitrogens with one attached hydrogen (secondary N) is 1. The first-order chi connectivity index (χ1) is 7.68. The van der Waals surface area contributed by atoms with Gasteiger partial charge in [0.2, 0.25) is 0 Å². The Morgan fingerprint density at radius 1 is 1.31 bits per heavy atom. The molecule has 1 aliphatic carbocycles. The first-order valence-electron chi connectivity index (χ1n) is 7.05. The zero-order valence-corrected chi connectivity index (χ0v) is 11.4.